The lowest BCUT2D eigenvalue weighted by atomic mass is 10.0. The topological polar surface area (TPSA) is 44.7 Å². The SMILES string of the molecule is COc1ccc(C(C)NCCC(C)O)cc1CN1CCCCC1. The fourth-order valence-corrected chi connectivity index (χ4v) is 3.18. The van der Waals surface area contributed by atoms with Gasteiger partial charge in [-0.25, -0.2) is 0 Å². The van der Waals surface area contributed by atoms with Crippen LogP contribution < -0.4 is 10.1 Å². The van der Waals surface area contributed by atoms with Crippen molar-refractivity contribution in [2.24, 2.45) is 0 Å². The Morgan fingerprint density at radius 1 is 1.22 bits per heavy atom. The Hall–Kier alpha value is -1.10. The molecular formula is C19H32N2O2. The second kappa shape index (κ2) is 9.26. The van der Waals surface area contributed by atoms with E-state index in [-0.39, 0.29) is 12.1 Å². The smallest absolute Gasteiger partial charge is 0.123 e. The molecule has 1 heterocycles. The Kier molecular flexibility index (Phi) is 7.34. The van der Waals surface area contributed by atoms with Gasteiger partial charge in [0, 0.05) is 18.2 Å². The first-order valence-electron chi connectivity index (χ1n) is 8.90. The fourth-order valence-electron chi connectivity index (χ4n) is 3.18. The summed E-state index contributed by atoms with van der Waals surface area (Å²) in [5, 5.41) is 12.9. The number of benzene rings is 1. The molecule has 1 saturated heterocycles. The third-order valence-electron chi connectivity index (χ3n) is 4.66. The van der Waals surface area contributed by atoms with Crippen LogP contribution in [0.2, 0.25) is 0 Å². The maximum atomic E-state index is 9.37. The van der Waals surface area contributed by atoms with Crippen molar-refractivity contribution >= 4 is 0 Å². The summed E-state index contributed by atoms with van der Waals surface area (Å²) in [6.07, 6.45) is 4.50. The van der Waals surface area contributed by atoms with E-state index in [4.69, 9.17) is 4.74 Å². The molecule has 130 valence electrons. The first-order valence-corrected chi connectivity index (χ1v) is 8.90. The molecule has 23 heavy (non-hydrogen) atoms. The van der Waals surface area contributed by atoms with Crippen molar-refractivity contribution in [3.63, 3.8) is 0 Å². The molecule has 0 bridgehead atoms. The van der Waals surface area contributed by atoms with E-state index in [1.165, 1.54) is 43.5 Å². The molecule has 1 aromatic carbocycles. The Morgan fingerprint density at radius 2 is 1.96 bits per heavy atom. The van der Waals surface area contributed by atoms with Gasteiger partial charge in [-0.3, -0.25) is 4.90 Å². The number of hydrogen-bond acceptors (Lipinski definition) is 4. The minimum Gasteiger partial charge on any atom is -0.496 e. The standard InChI is InChI=1S/C19H32N2O2/c1-15(22)9-10-20-16(2)17-7-8-19(23-3)18(13-17)14-21-11-5-4-6-12-21/h7-8,13,15-16,20,22H,4-6,9-12,14H2,1-3H3. The molecule has 0 saturated carbocycles. The van der Waals surface area contributed by atoms with Crippen LogP contribution in [0.5, 0.6) is 5.75 Å². The van der Waals surface area contributed by atoms with E-state index in [9.17, 15) is 5.11 Å². The highest BCUT2D eigenvalue weighted by atomic mass is 16.5. The van der Waals surface area contributed by atoms with Crippen molar-refractivity contribution in [1.82, 2.24) is 10.2 Å². The molecule has 2 unspecified atom stereocenters. The molecule has 2 atom stereocenters. The van der Waals surface area contributed by atoms with Crippen molar-refractivity contribution in [3.8, 4) is 5.75 Å². The lowest BCUT2D eigenvalue weighted by Gasteiger charge is -2.27. The zero-order valence-electron chi connectivity index (χ0n) is 14.8. The third kappa shape index (κ3) is 5.79. The van der Waals surface area contributed by atoms with Gasteiger partial charge < -0.3 is 15.2 Å². The third-order valence-corrected chi connectivity index (χ3v) is 4.66. The van der Waals surface area contributed by atoms with Crippen LogP contribution in [-0.2, 0) is 6.54 Å². The fraction of sp³-hybridized carbons (Fsp3) is 0.684. The second-order valence-corrected chi connectivity index (χ2v) is 6.72. The van der Waals surface area contributed by atoms with Crippen molar-refractivity contribution < 1.29 is 9.84 Å². The summed E-state index contributed by atoms with van der Waals surface area (Å²) in [6, 6.07) is 6.77. The van der Waals surface area contributed by atoms with E-state index in [0.29, 0.717) is 0 Å². The highest BCUT2D eigenvalue weighted by Crippen LogP contribution is 2.26. The van der Waals surface area contributed by atoms with E-state index in [0.717, 1.165) is 25.3 Å². The van der Waals surface area contributed by atoms with E-state index in [1.807, 2.05) is 6.92 Å². The minimum atomic E-state index is -0.250. The quantitative estimate of drug-likeness (QED) is 0.772. The zero-order chi connectivity index (χ0) is 16.7. The van der Waals surface area contributed by atoms with Gasteiger partial charge in [-0.05, 0) is 70.4 Å². The van der Waals surface area contributed by atoms with Gasteiger partial charge in [-0.2, -0.15) is 0 Å². The molecule has 0 radical (unpaired) electrons. The van der Waals surface area contributed by atoms with Crippen LogP contribution in [0.4, 0.5) is 0 Å². The number of hydrogen-bond donors (Lipinski definition) is 2. The summed E-state index contributed by atoms with van der Waals surface area (Å²) in [6.45, 7) is 8.18. The van der Waals surface area contributed by atoms with Crippen molar-refractivity contribution in [3.05, 3.63) is 29.3 Å². The molecular weight excluding hydrogens is 288 g/mol. The lowest BCUT2D eigenvalue weighted by Crippen LogP contribution is -2.29. The van der Waals surface area contributed by atoms with Gasteiger partial charge in [0.25, 0.3) is 0 Å². The average molecular weight is 320 g/mol. The summed E-state index contributed by atoms with van der Waals surface area (Å²) in [5.74, 6) is 0.982. The minimum absolute atomic E-state index is 0.250. The summed E-state index contributed by atoms with van der Waals surface area (Å²) in [5.41, 5.74) is 2.56. The van der Waals surface area contributed by atoms with Crippen molar-refractivity contribution in [1.29, 1.82) is 0 Å². The largest absolute Gasteiger partial charge is 0.496 e. The molecule has 2 rings (SSSR count). The molecule has 1 aromatic rings. The van der Waals surface area contributed by atoms with Crippen LogP contribution in [0.15, 0.2) is 18.2 Å². The number of methoxy groups -OCH3 is 1. The highest BCUT2D eigenvalue weighted by Gasteiger charge is 2.15. The molecule has 1 fully saturated rings. The Morgan fingerprint density at radius 3 is 2.61 bits per heavy atom. The number of nitrogens with one attached hydrogen (secondary N) is 1. The van der Waals surface area contributed by atoms with Crippen LogP contribution >= 0.6 is 0 Å². The summed E-state index contributed by atoms with van der Waals surface area (Å²) in [4.78, 5) is 2.52. The van der Waals surface area contributed by atoms with E-state index in [2.05, 4.69) is 35.3 Å². The normalized spacial score (nSPS) is 18.6. The van der Waals surface area contributed by atoms with Gasteiger partial charge in [-0.1, -0.05) is 12.5 Å². The monoisotopic (exact) mass is 320 g/mol. The Labute approximate surface area is 140 Å². The van der Waals surface area contributed by atoms with Crippen LogP contribution in [0.3, 0.4) is 0 Å². The molecule has 0 aromatic heterocycles. The molecule has 0 amide bonds. The molecule has 1 aliphatic heterocycles. The summed E-state index contributed by atoms with van der Waals surface area (Å²) in [7, 11) is 1.75. The van der Waals surface area contributed by atoms with Gasteiger partial charge in [-0.15, -0.1) is 0 Å². The first kappa shape index (κ1) is 18.2. The van der Waals surface area contributed by atoms with E-state index < -0.39 is 0 Å². The lowest BCUT2D eigenvalue weighted by molar-refractivity contribution is 0.182. The van der Waals surface area contributed by atoms with Gasteiger partial charge in [0.1, 0.15) is 5.75 Å². The number of rotatable bonds is 8. The maximum Gasteiger partial charge on any atom is 0.123 e. The van der Waals surface area contributed by atoms with Crippen molar-refractivity contribution in [2.45, 2.75) is 58.2 Å². The van der Waals surface area contributed by atoms with Gasteiger partial charge in [0.15, 0.2) is 0 Å². The first-order chi connectivity index (χ1) is 11.1. The van der Waals surface area contributed by atoms with E-state index >= 15 is 0 Å². The Balaban J connectivity index is 2.01. The Bertz CT molecular complexity index is 470. The number of likely N-dealkylation sites (tertiary alicyclic amines) is 1. The predicted molar refractivity (Wildman–Crippen MR) is 94.8 cm³/mol. The van der Waals surface area contributed by atoms with Gasteiger partial charge in [0.2, 0.25) is 0 Å². The molecule has 0 aliphatic carbocycles. The van der Waals surface area contributed by atoms with Gasteiger partial charge >= 0.3 is 0 Å². The van der Waals surface area contributed by atoms with E-state index in [1.54, 1.807) is 7.11 Å². The van der Waals surface area contributed by atoms with Crippen LogP contribution in [0.25, 0.3) is 0 Å². The molecule has 4 heteroatoms. The number of nitrogens with zero attached hydrogens (tertiary/aromatic N) is 1. The van der Waals surface area contributed by atoms with Gasteiger partial charge in [0.05, 0.1) is 13.2 Å². The highest BCUT2D eigenvalue weighted by molar-refractivity contribution is 5.38. The average Bonchev–Trinajstić information content (AvgIpc) is 2.55. The molecule has 4 nitrogen and oxygen atoms in total. The molecule has 2 N–H and O–H groups in total. The molecule has 1 aliphatic rings. The second-order valence-electron chi connectivity index (χ2n) is 6.72. The van der Waals surface area contributed by atoms with Crippen molar-refractivity contribution in [2.75, 3.05) is 26.7 Å². The molecule has 0 spiro atoms. The summed E-state index contributed by atoms with van der Waals surface area (Å²) < 4.78 is 5.55. The van der Waals surface area contributed by atoms with Crippen LogP contribution in [0, 0.1) is 0 Å². The maximum absolute atomic E-state index is 9.37. The zero-order valence-corrected chi connectivity index (χ0v) is 14.8. The number of aliphatic hydroxyl groups is 1. The predicted octanol–water partition coefficient (Wildman–Crippen LogP) is 3.10. The van der Waals surface area contributed by atoms with Crippen LogP contribution in [-0.4, -0.2) is 42.9 Å². The summed E-state index contributed by atoms with van der Waals surface area (Å²) >= 11 is 0. The number of piperidine rings is 1. The van der Waals surface area contributed by atoms with Crippen LogP contribution in [0.1, 0.15) is 56.7 Å². The number of ether oxygens (including phenoxy) is 1. The number of aliphatic hydroxyl groups excluding tert-OH is 1.